The maximum absolute atomic E-state index is 12.4. The number of amides is 1. The number of hydrogen-bond donors (Lipinski definition) is 1. The van der Waals surface area contributed by atoms with Crippen molar-refractivity contribution in [3.05, 3.63) is 28.1 Å². The molecule has 112 valence electrons. The summed E-state index contributed by atoms with van der Waals surface area (Å²) >= 11 is 1.41. The third-order valence-corrected chi connectivity index (χ3v) is 4.74. The van der Waals surface area contributed by atoms with Gasteiger partial charge >= 0.3 is 0 Å². The molecule has 0 aromatic carbocycles. The van der Waals surface area contributed by atoms with Crippen LogP contribution in [0.4, 0.5) is 0 Å². The lowest BCUT2D eigenvalue weighted by Gasteiger charge is -2.34. The van der Waals surface area contributed by atoms with Crippen LogP contribution in [-0.4, -0.2) is 44.7 Å². The van der Waals surface area contributed by atoms with Crippen LogP contribution in [0.1, 0.15) is 19.3 Å². The SMILES string of the molecule is O=C(Cn1cnc2sccc2c1=O)N1CCCCC1CO. The van der Waals surface area contributed by atoms with Crippen LogP contribution in [0, 0.1) is 0 Å². The van der Waals surface area contributed by atoms with Gasteiger partial charge in [-0.25, -0.2) is 4.98 Å². The number of carbonyl (C=O) groups excluding carboxylic acids is 1. The van der Waals surface area contributed by atoms with Gasteiger partial charge in [-0.3, -0.25) is 14.2 Å². The smallest absolute Gasteiger partial charge is 0.262 e. The highest BCUT2D eigenvalue weighted by Gasteiger charge is 2.26. The minimum Gasteiger partial charge on any atom is -0.394 e. The highest BCUT2D eigenvalue weighted by molar-refractivity contribution is 7.16. The van der Waals surface area contributed by atoms with Crippen molar-refractivity contribution in [2.75, 3.05) is 13.2 Å². The van der Waals surface area contributed by atoms with E-state index in [4.69, 9.17) is 0 Å². The fourth-order valence-electron chi connectivity index (χ4n) is 2.76. The van der Waals surface area contributed by atoms with Crippen LogP contribution in [0.15, 0.2) is 22.6 Å². The maximum atomic E-state index is 12.4. The third-order valence-electron chi connectivity index (χ3n) is 3.91. The molecule has 0 saturated carbocycles. The molecular formula is C14H17N3O3S. The van der Waals surface area contributed by atoms with Crippen molar-refractivity contribution in [3.8, 4) is 0 Å². The van der Waals surface area contributed by atoms with E-state index in [1.54, 1.807) is 11.0 Å². The van der Waals surface area contributed by atoms with Gasteiger partial charge in [0.25, 0.3) is 5.56 Å². The molecule has 1 aliphatic heterocycles. The van der Waals surface area contributed by atoms with Crippen LogP contribution >= 0.6 is 11.3 Å². The summed E-state index contributed by atoms with van der Waals surface area (Å²) in [5, 5.41) is 11.7. The van der Waals surface area contributed by atoms with Crippen molar-refractivity contribution in [1.29, 1.82) is 0 Å². The number of rotatable bonds is 3. The lowest BCUT2D eigenvalue weighted by Crippen LogP contribution is -2.47. The number of nitrogens with zero attached hydrogens (tertiary/aromatic N) is 3. The number of hydrogen-bond acceptors (Lipinski definition) is 5. The van der Waals surface area contributed by atoms with E-state index in [0.717, 1.165) is 19.3 Å². The Morgan fingerprint density at radius 3 is 3.14 bits per heavy atom. The molecule has 21 heavy (non-hydrogen) atoms. The van der Waals surface area contributed by atoms with Crippen LogP contribution < -0.4 is 5.56 Å². The molecule has 0 bridgehead atoms. The molecular weight excluding hydrogens is 290 g/mol. The van der Waals surface area contributed by atoms with Crippen molar-refractivity contribution in [3.63, 3.8) is 0 Å². The molecule has 2 aromatic heterocycles. The molecule has 1 aliphatic rings. The number of thiophene rings is 1. The fourth-order valence-corrected chi connectivity index (χ4v) is 3.48. The van der Waals surface area contributed by atoms with E-state index in [-0.39, 0.29) is 30.7 Å². The van der Waals surface area contributed by atoms with Gasteiger partial charge in [0.15, 0.2) is 0 Å². The largest absolute Gasteiger partial charge is 0.394 e. The minimum atomic E-state index is -0.188. The first-order valence-corrected chi connectivity index (χ1v) is 7.91. The summed E-state index contributed by atoms with van der Waals surface area (Å²) in [6, 6.07) is 1.60. The Hall–Kier alpha value is -1.73. The number of aliphatic hydroxyl groups is 1. The van der Waals surface area contributed by atoms with Crippen molar-refractivity contribution in [2.45, 2.75) is 31.8 Å². The number of aliphatic hydroxyl groups excluding tert-OH is 1. The van der Waals surface area contributed by atoms with Gasteiger partial charge in [-0.1, -0.05) is 0 Å². The molecule has 1 fully saturated rings. The number of aromatic nitrogens is 2. The second-order valence-electron chi connectivity index (χ2n) is 5.24. The summed E-state index contributed by atoms with van der Waals surface area (Å²) in [7, 11) is 0. The summed E-state index contributed by atoms with van der Waals surface area (Å²) in [5.74, 6) is -0.132. The quantitative estimate of drug-likeness (QED) is 0.911. The molecule has 1 atom stereocenters. The fraction of sp³-hybridized carbons (Fsp3) is 0.500. The van der Waals surface area contributed by atoms with Gasteiger partial charge in [-0.2, -0.15) is 0 Å². The summed E-state index contributed by atoms with van der Waals surface area (Å²) in [6.07, 6.45) is 4.21. The molecule has 1 saturated heterocycles. The molecule has 1 amide bonds. The van der Waals surface area contributed by atoms with Crippen molar-refractivity contribution < 1.29 is 9.90 Å². The molecule has 1 unspecified atom stereocenters. The predicted octanol–water partition coefficient (Wildman–Crippen LogP) is 0.831. The van der Waals surface area contributed by atoms with Gasteiger partial charge in [0.2, 0.25) is 5.91 Å². The van der Waals surface area contributed by atoms with E-state index in [0.29, 0.717) is 16.8 Å². The van der Waals surface area contributed by atoms with Gasteiger partial charge < -0.3 is 10.0 Å². The standard InChI is InChI=1S/C14H17N3O3S/c18-8-10-3-1-2-5-17(10)12(19)7-16-9-15-13-11(14(16)20)4-6-21-13/h4,6,9-10,18H,1-3,5,7-8H2. The van der Waals surface area contributed by atoms with E-state index < -0.39 is 0 Å². The predicted molar refractivity (Wildman–Crippen MR) is 80.3 cm³/mol. The Morgan fingerprint density at radius 2 is 2.33 bits per heavy atom. The topological polar surface area (TPSA) is 75.4 Å². The Bertz CT molecular complexity index is 709. The summed E-state index contributed by atoms with van der Waals surface area (Å²) in [5.41, 5.74) is -0.188. The molecule has 0 spiro atoms. The first-order chi connectivity index (χ1) is 10.2. The van der Waals surface area contributed by atoms with E-state index in [9.17, 15) is 14.7 Å². The minimum absolute atomic E-state index is 0.0197. The van der Waals surface area contributed by atoms with Crippen LogP contribution in [0.2, 0.25) is 0 Å². The molecule has 3 heterocycles. The summed E-state index contributed by atoms with van der Waals surface area (Å²) in [6.45, 7) is 0.601. The average molecular weight is 307 g/mol. The molecule has 0 aliphatic carbocycles. The molecule has 0 radical (unpaired) electrons. The summed E-state index contributed by atoms with van der Waals surface area (Å²) < 4.78 is 1.35. The van der Waals surface area contributed by atoms with Gasteiger partial charge in [0.1, 0.15) is 11.4 Å². The number of piperidine rings is 1. The zero-order valence-electron chi connectivity index (χ0n) is 11.6. The van der Waals surface area contributed by atoms with Crippen LogP contribution in [0.3, 0.4) is 0 Å². The maximum Gasteiger partial charge on any atom is 0.262 e. The van der Waals surface area contributed by atoms with E-state index in [1.807, 2.05) is 5.38 Å². The first-order valence-electron chi connectivity index (χ1n) is 7.03. The van der Waals surface area contributed by atoms with Crippen molar-refractivity contribution in [2.24, 2.45) is 0 Å². The lowest BCUT2D eigenvalue weighted by atomic mass is 10.0. The molecule has 1 N–H and O–H groups in total. The Labute approximate surface area is 125 Å². The van der Waals surface area contributed by atoms with Crippen molar-refractivity contribution in [1.82, 2.24) is 14.5 Å². The Kier molecular flexibility index (Phi) is 4.03. The van der Waals surface area contributed by atoms with E-state index >= 15 is 0 Å². The van der Waals surface area contributed by atoms with Gasteiger partial charge in [0.05, 0.1) is 24.4 Å². The zero-order chi connectivity index (χ0) is 14.8. The normalized spacial score (nSPS) is 19.1. The van der Waals surface area contributed by atoms with Crippen LogP contribution in [0.5, 0.6) is 0 Å². The highest BCUT2D eigenvalue weighted by Crippen LogP contribution is 2.17. The third kappa shape index (κ3) is 2.71. The summed E-state index contributed by atoms with van der Waals surface area (Å²) in [4.78, 5) is 31.2. The van der Waals surface area contributed by atoms with Crippen LogP contribution in [-0.2, 0) is 11.3 Å². The van der Waals surface area contributed by atoms with Gasteiger partial charge in [0, 0.05) is 6.54 Å². The van der Waals surface area contributed by atoms with Gasteiger partial charge in [-0.05, 0) is 30.7 Å². The second-order valence-corrected chi connectivity index (χ2v) is 6.13. The van der Waals surface area contributed by atoms with Gasteiger partial charge in [-0.15, -0.1) is 11.3 Å². The van der Waals surface area contributed by atoms with E-state index in [2.05, 4.69) is 4.98 Å². The number of carbonyl (C=O) groups is 1. The second kappa shape index (κ2) is 5.95. The molecule has 7 heteroatoms. The first kappa shape index (κ1) is 14.2. The Morgan fingerprint density at radius 1 is 1.48 bits per heavy atom. The highest BCUT2D eigenvalue weighted by atomic mass is 32.1. The Balaban J connectivity index is 1.82. The molecule has 6 nitrogen and oxygen atoms in total. The molecule has 2 aromatic rings. The van der Waals surface area contributed by atoms with Crippen molar-refractivity contribution >= 4 is 27.5 Å². The van der Waals surface area contributed by atoms with E-state index in [1.165, 1.54) is 22.2 Å². The monoisotopic (exact) mass is 307 g/mol. The van der Waals surface area contributed by atoms with Crippen LogP contribution in [0.25, 0.3) is 10.2 Å². The number of fused-ring (bicyclic) bond motifs is 1. The average Bonchev–Trinajstić information content (AvgIpc) is 2.99. The lowest BCUT2D eigenvalue weighted by molar-refractivity contribution is -0.136. The zero-order valence-corrected chi connectivity index (χ0v) is 12.4. The number of likely N-dealkylation sites (tertiary alicyclic amines) is 1. The molecule has 3 rings (SSSR count).